The molecule has 5 heteroatoms. The second-order valence-electron chi connectivity index (χ2n) is 2.01. The van der Waals surface area contributed by atoms with Gasteiger partial charge in [-0.2, -0.15) is 0 Å². The maximum Gasteiger partial charge on any atom is 0.124 e. The first-order valence-electron chi connectivity index (χ1n) is 3.34. The number of hydrogen-bond donors (Lipinski definition) is 2. The molecule has 2 nitrogen and oxygen atoms in total. The lowest BCUT2D eigenvalue weighted by molar-refractivity contribution is 0.898. The number of rotatable bonds is 5. The zero-order chi connectivity index (χ0) is 8.04. The van der Waals surface area contributed by atoms with Gasteiger partial charge in [-0.15, -0.1) is 0 Å². The van der Waals surface area contributed by atoms with Gasteiger partial charge in [-0.1, -0.05) is 36.5 Å². The first kappa shape index (κ1) is 10.9. The molecule has 1 unspecified atom stereocenters. The van der Waals surface area contributed by atoms with Crippen molar-refractivity contribution < 1.29 is 0 Å². The van der Waals surface area contributed by atoms with Gasteiger partial charge in [-0.3, -0.25) is 10.6 Å². The van der Waals surface area contributed by atoms with Crippen molar-refractivity contribution in [3.05, 3.63) is 0 Å². The van der Waals surface area contributed by atoms with Crippen LogP contribution in [0.5, 0.6) is 0 Å². The molecule has 0 radical (unpaired) electrons. The fraction of sp³-hybridized carbons (Fsp3) is 1.00. The van der Waals surface area contributed by atoms with E-state index in [0.29, 0.717) is 0 Å². The lowest BCUT2D eigenvalue weighted by atomic mass is 10.4. The molecule has 0 aromatic carbocycles. The Balaban J connectivity index is 3.38. The third-order valence-corrected chi connectivity index (χ3v) is 6.31. The number of unbranched alkanes of at least 4 members (excludes halogenated alkanes) is 1. The summed E-state index contributed by atoms with van der Waals surface area (Å²) in [6.07, 6.45) is 2.42. The molecule has 0 aliphatic rings. The van der Waals surface area contributed by atoms with E-state index in [2.05, 4.69) is 12.0 Å². The Morgan fingerprint density at radius 3 is 2.70 bits per heavy atom. The van der Waals surface area contributed by atoms with E-state index in [1.807, 2.05) is 7.05 Å². The number of nitrogens with one attached hydrogen (secondary N) is 1. The fourth-order valence-electron chi connectivity index (χ4n) is 0.409. The molecule has 0 aromatic heterocycles. The fourth-order valence-corrected chi connectivity index (χ4v) is 3.49. The van der Waals surface area contributed by atoms with Crippen LogP contribution in [-0.2, 0) is 11.8 Å². The van der Waals surface area contributed by atoms with Gasteiger partial charge in [0.1, 0.15) is 5.54 Å². The summed E-state index contributed by atoms with van der Waals surface area (Å²) in [5.74, 6) is 1.09. The average molecular weight is 198 g/mol. The largest absolute Gasteiger partial charge is 0.283 e. The highest BCUT2D eigenvalue weighted by atomic mass is 32.9. The van der Waals surface area contributed by atoms with Crippen molar-refractivity contribution in [3.8, 4) is 0 Å². The molecule has 1 atom stereocenters. The lowest BCUT2D eigenvalue weighted by Crippen LogP contribution is -2.07. The van der Waals surface area contributed by atoms with E-state index in [-0.39, 0.29) is 0 Å². The minimum atomic E-state index is -1.70. The molecule has 0 rings (SSSR count). The summed E-state index contributed by atoms with van der Waals surface area (Å²) in [4.78, 5) is 0. The Hall–Kier alpha value is 0.920. The van der Waals surface area contributed by atoms with Gasteiger partial charge in [0.15, 0.2) is 0 Å². The first-order valence-corrected chi connectivity index (χ1v) is 7.80. The molecular formula is C5H15N2PS2. The standard InChI is InChI=1S/C5H15N2PS2/c1-3-4-5-10-8(6,9)7-2/h3-5H2,1-2H3,(H3,6,7,9). The summed E-state index contributed by atoms with van der Waals surface area (Å²) in [5, 5.41) is 2.97. The molecule has 0 aromatic rings. The highest BCUT2D eigenvalue weighted by molar-refractivity contribution is 8.69. The van der Waals surface area contributed by atoms with E-state index in [1.54, 1.807) is 11.4 Å². The van der Waals surface area contributed by atoms with Crippen molar-refractivity contribution in [2.75, 3.05) is 12.8 Å². The van der Waals surface area contributed by atoms with Crippen LogP contribution >= 0.6 is 16.9 Å². The van der Waals surface area contributed by atoms with Gasteiger partial charge in [0.25, 0.3) is 0 Å². The van der Waals surface area contributed by atoms with Gasteiger partial charge in [0.05, 0.1) is 0 Å². The third-order valence-electron chi connectivity index (χ3n) is 1.09. The quantitative estimate of drug-likeness (QED) is 0.523. The van der Waals surface area contributed by atoms with E-state index in [4.69, 9.17) is 17.3 Å². The molecule has 0 saturated heterocycles. The maximum absolute atomic E-state index is 5.73. The van der Waals surface area contributed by atoms with E-state index in [1.165, 1.54) is 12.8 Å². The summed E-state index contributed by atoms with van der Waals surface area (Å²) in [6.45, 7) is 2.17. The molecule has 0 bridgehead atoms. The second-order valence-corrected chi connectivity index (χ2v) is 9.24. The van der Waals surface area contributed by atoms with E-state index < -0.39 is 5.54 Å². The third kappa shape index (κ3) is 5.69. The molecule has 0 fully saturated rings. The van der Waals surface area contributed by atoms with Gasteiger partial charge in [0, 0.05) is 5.75 Å². The highest BCUT2D eigenvalue weighted by Crippen LogP contribution is 2.46. The molecule has 10 heavy (non-hydrogen) atoms. The Labute approximate surface area is 72.2 Å². The number of nitrogens with two attached hydrogens (primary N) is 1. The highest BCUT2D eigenvalue weighted by Gasteiger charge is 2.05. The average Bonchev–Trinajstić information content (AvgIpc) is 1.89. The van der Waals surface area contributed by atoms with E-state index >= 15 is 0 Å². The molecule has 0 amide bonds. The predicted molar refractivity (Wildman–Crippen MR) is 54.9 cm³/mol. The summed E-state index contributed by atoms with van der Waals surface area (Å²) in [5.41, 5.74) is 4.03. The second kappa shape index (κ2) is 5.56. The number of hydrogen-bond acceptors (Lipinski definition) is 2. The van der Waals surface area contributed by atoms with Crippen molar-refractivity contribution >= 4 is 28.7 Å². The summed E-state index contributed by atoms with van der Waals surface area (Å²) < 4.78 is 0. The maximum atomic E-state index is 5.73. The van der Waals surface area contributed by atoms with Crippen LogP contribution in [0.15, 0.2) is 0 Å². The van der Waals surface area contributed by atoms with Crippen molar-refractivity contribution in [2.24, 2.45) is 5.50 Å². The Morgan fingerprint density at radius 1 is 1.70 bits per heavy atom. The molecule has 0 heterocycles. The van der Waals surface area contributed by atoms with Crippen LogP contribution in [0.3, 0.4) is 0 Å². The summed E-state index contributed by atoms with van der Waals surface area (Å²) >= 11 is 6.79. The van der Waals surface area contributed by atoms with Gasteiger partial charge >= 0.3 is 0 Å². The summed E-state index contributed by atoms with van der Waals surface area (Å²) in [6, 6.07) is 0. The predicted octanol–water partition coefficient (Wildman–Crippen LogP) is 1.92. The monoisotopic (exact) mass is 198 g/mol. The summed E-state index contributed by atoms with van der Waals surface area (Å²) in [7, 11) is 1.83. The van der Waals surface area contributed by atoms with Gasteiger partial charge in [0.2, 0.25) is 0 Å². The van der Waals surface area contributed by atoms with Crippen LogP contribution in [-0.4, -0.2) is 12.8 Å². The van der Waals surface area contributed by atoms with Gasteiger partial charge < -0.3 is 0 Å². The SMILES string of the molecule is CCCCSP(N)(=S)NC. The minimum absolute atomic E-state index is 1.09. The Morgan fingerprint density at radius 2 is 2.30 bits per heavy atom. The molecule has 0 aliphatic carbocycles. The van der Waals surface area contributed by atoms with Crippen LogP contribution < -0.4 is 10.6 Å². The molecule has 62 valence electrons. The van der Waals surface area contributed by atoms with Crippen LogP contribution in [0, 0.1) is 0 Å². The van der Waals surface area contributed by atoms with Gasteiger partial charge in [-0.05, 0) is 13.5 Å². The Bertz CT molecular complexity index is 129. The van der Waals surface area contributed by atoms with E-state index in [9.17, 15) is 0 Å². The Kier molecular flexibility index (Phi) is 6.07. The smallest absolute Gasteiger partial charge is 0.124 e. The minimum Gasteiger partial charge on any atom is -0.283 e. The van der Waals surface area contributed by atoms with Crippen molar-refractivity contribution in [1.29, 1.82) is 0 Å². The molecule has 0 spiro atoms. The van der Waals surface area contributed by atoms with Crippen LogP contribution in [0.2, 0.25) is 0 Å². The zero-order valence-electron chi connectivity index (χ0n) is 6.46. The van der Waals surface area contributed by atoms with Crippen LogP contribution in [0.1, 0.15) is 19.8 Å². The lowest BCUT2D eigenvalue weighted by Gasteiger charge is -2.13. The first-order chi connectivity index (χ1) is 4.62. The topological polar surface area (TPSA) is 38.0 Å². The molecule has 0 saturated carbocycles. The van der Waals surface area contributed by atoms with Crippen LogP contribution in [0.4, 0.5) is 0 Å². The normalized spacial score (nSPS) is 16.7. The van der Waals surface area contributed by atoms with Crippen LogP contribution in [0.25, 0.3) is 0 Å². The molecular weight excluding hydrogens is 183 g/mol. The molecule has 3 N–H and O–H groups in total. The van der Waals surface area contributed by atoms with Crippen molar-refractivity contribution in [2.45, 2.75) is 19.8 Å². The van der Waals surface area contributed by atoms with Gasteiger partial charge in [-0.25, -0.2) is 0 Å². The van der Waals surface area contributed by atoms with Crippen molar-refractivity contribution in [1.82, 2.24) is 5.09 Å². The van der Waals surface area contributed by atoms with E-state index in [0.717, 1.165) is 5.75 Å². The van der Waals surface area contributed by atoms with Crippen molar-refractivity contribution in [3.63, 3.8) is 0 Å². The molecule has 0 aliphatic heterocycles. The zero-order valence-corrected chi connectivity index (χ0v) is 8.99.